The molecule has 1 amide bonds. The molecule has 2 fully saturated rings. The number of nitrogens with one attached hydrogen (secondary N) is 3. The van der Waals surface area contributed by atoms with Crippen molar-refractivity contribution in [3.8, 4) is 0 Å². The first-order valence-corrected chi connectivity index (χ1v) is 12.5. The highest BCUT2D eigenvalue weighted by atomic mass is 16.5. The predicted molar refractivity (Wildman–Crippen MR) is 138 cm³/mol. The number of amides is 1. The van der Waals surface area contributed by atoms with Gasteiger partial charge in [-0.2, -0.15) is 0 Å². The van der Waals surface area contributed by atoms with Crippen molar-refractivity contribution in [2.45, 2.75) is 50.8 Å². The van der Waals surface area contributed by atoms with Gasteiger partial charge in [0, 0.05) is 24.3 Å². The molecule has 2 aromatic heterocycles. The topological polar surface area (TPSA) is 128 Å². The predicted octanol–water partition coefficient (Wildman–Crippen LogP) is 2.70. The normalized spacial score (nSPS) is 22.2. The number of para-hydroxylation sites is 1. The van der Waals surface area contributed by atoms with Gasteiger partial charge in [-0.05, 0) is 50.7 Å². The number of hydrogen-bond acceptors (Lipinski definition) is 8. The van der Waals surface area contributed by atoms with E-state index in [0.29, 0.717) is 30.5 Å². The minimum Gasteiger partial charge on any atom is -0.491 e. The molecule has 10 nitrogen and oxygen atoms in total. The van der Waals surface area contributed by atoms with Crippen molar-refractivity contribution in [3.05, 3.63) is 49.1 Å². The van der Waals surface area contributed by atoms with Gasteiger partial charge in [-0.15, -0.1) is 0 Å². The van der Waals surface area contributed by atoms with E-state index in [4.69, 9.17) is 4.74 Å². The summed E-state index contributed by atoms with van der Waals surface area (Å²) in [6.07, 6.45) is 6.50. The maximum absolute atomic E-state index is 12.6. The summed E-state index contributed by atoms with van der Waals surface area (Å²) in [7, 11) is 0. The van der Waals surface area contributed by atoms with Gasteiger partial charge in [0.05, 0.1) is 18.5 Å². The largest absolute Gasteiger partial charge is 0.491 e. The molecule has 1 aliphatic carbocycles. The van der Waals surface area contributed by atoms with E-state index in [9.17, 15) is 9.90 Å². The van der Waals surface area contributed by atoms with Crippen LogP contribution in [-0.4, -0.2) is 68.8 Å². The molecule has 36 heavy (non-hydrogen) atoms. The van der Waals surface area contributed by atoms with E-state index in [1.807, 2.05) is 31.2 Å². The number of fused-ring (bicyclic) bond motifs is 1. The summed E-state index contributed by atoms with van der Waals surface area (Å²) in [4.78, 5) is 30.9. The standard InChI is InChI=1S/C26H33N7O3/c1-16(26(35)27-12-18-10-20(34)11-18)32-22-8-4-3-7-21(22)17(2)36-13-19-6-5-9-33(19)25-23-24(29-14-28-23)30-15-31-25/h3-4,7-8,14-16,18-20,32,34H,2,5-6,9-13H2,1H3,(H,27,35)(H,28,29,30,31). The molecule has 0 radical (unpaired) electrons. The van der Waals surface area contributed by atoms with Crippen LogP contribution in [0.2, 0.25) is 0 Å². The van der Waals surface area contributed by atoms with Crippen molar-refractivity contribution >= 4 is 34.3 Å². The number of carbonyl (C=O) groups excluding carboxylic acids is 1. The van der Waals surface area contributed by atoms with E-state index in [1.54, 1.807) is 12.7 Å². The first-order chi connectivity index (χ1) is 17.5. The average Bonchev–Trinajstić information content (AvgIpc) is 3.54. The second kappa shape index (κ2) is 10.5. The smallest absolute Gasteiger partial charge is 0.242 e. The van der Waals surface area contributed by atoms with E-state index in [0.717, 1.165) is 54.8 Å². The number of imidazole rings is 1. The molecule has 3 aromatic rings. The Bertz CT molecular complexity index is 1220. The molecule has 1 saturated heterocycles. The number of ether oxygens (including phenoxy) is 1. The fourth-order valence-electron chi connectivity index (χ4n) is 4.95. The summed E-state index contributed by atoms with van der Waals surface area (Å²) in [5, 5.41) is 15.7. The Morgan fingerprint density at radius 3 is 2.97 bits per heavy atom. The number of anilines is 2. The van der Waals surface area contributed by atoms with Crippen molar-refractivity contribution in [2.24, 2.45) is 5.92 Å². The molecular weight excluding hydrogens is 458 g/mol. The van der Waals surface area contributed by atoms with E-state index >= 15 is 0 Å². The molecule has 0 bridgehead atoms. The molecule has 0 spiro atoms. The Kier molecular flexibility index (Phi) is 7.04. The average molecular weight is 492 g/mol. The van der Waals surface area contributed by atoms with Crippen LogP contribution in [0, 0.1) is 5.92 Å². The summed E-state index contributed by atoms with van der Waals surface area (Å²) in [6.45, 7) is 7.95. The van der Waals surface area contributed by atoms with Crippen LogP contribution >= 0.6 is 0 Å². The Morgan fingerprint density at radius 1 is 1.31 bits per heavy atom. The van der Waals surface area contributed by atoms with Gasteiger partial charge in [-0.25, -0.2) is 15.0 Å². The first kappa shape index (κ1) is 24.1. The molecule has 190 valence electrons. The van der Waals surface area contributed by atoms with Gasteiger partial charge in [0.1, 0.15) is 30.3 Å². The van der Waals surface area contributed by atoms with E-state index in [1.165, 1.54) is 0 Å². The molecule has 2 aliphatic rings. The molecule has 4 N–H and O–H groups in total. The van der Waals surface area contributed by atoms with Crippen LogP contribution in [0.4, 0.5) is 11.5 Å². The number of aromatic nitrogens is 4. The van der Waals surface area contributed by atoms with Gasteiger partial charge in [0.25, 0.3) is 0 Å². The maximum Gasteiger partial charge on any atom is 0.242 e. The number of aliphatic hydroxyl groups is 1. The second-order valence-electron chi connectivity index (χ2n) is 9.67. The highest BCUT2D eigenvalue weighted by molar-refractivity contribution is 5.85. The summed E-state index contributed by atoms with van der Waals surface area (Å²) in [5.74, 6) is 1.68. The number of hydrogen-bond donors (Lipinski definition) is 4. The third kappa shape index (κ3) is 5.13. The Balaban J connectivity index is 1.19. The number of rotatable bonds is 10. The molecule has 1 aliphatic heterocycles. The van der Waals surface area contributed by atoms with Crippen LogP contribution in [0.5, 0.6) is 0 Å². The number of carbonyl (C=O) groups is 1. The zero-order valence-corrected chi connectivity index (χ0v) is 20.5. The third-order valence-electron chi connectivity index (χ3n) is 7.07. The molecule has 2 atom stereocenters. The van der Waals surface area contributed by atoms with Gasteiger partial charge < -0.3 is 30.4 Å². The number of H-pyrrole nitrogens is 1. The van der Waals surface area contributed by atoms with Crippen LogP contribution in [0.25, 0.3) is 16.9 Å². The zero-order valence-electron chi connectivity index (χ0n) is 20.5. The molecule has 5 rings (SSSR count). The number of aromatic amines is 1. The van der Waals surface area contributed by atoms with Crippen LogP contribution in [0.1, 0.15) is 38.2 Å². The van der Waals surface area contributed by atoms with Gasteiger partial charge in [-0.1, -0.05) is 18.7 Å². The number of benzene rings is 1. The quantitative estimate of drug-likeness (QED) is 0.319. The molecule has 3 heterocycles. The Morgan fingerprint density at radius 2 is 2.14 bits per heavy atom. The Labute approximate surface area is 210 Å². The summed E-state index contributed by atoms with van der Waals surface area (Å²) in [6, 6.07) is 7.44. The number of nitrogens with zero attached hydrogens (tertiary/aromatic N) is 4. The monoisotopic (exact) mass is 491 g/mol. The van der Waals surface area contributed by atoms with Gasteiger partial charge in [0.15, 0.2) is 11.5 Å². The van der Waals surface area contributed by atoms with Crippen molar-refractivity contribution in [1.82, 2.24) is 25.3 Å². The van der Waals surface area contributed by atoms with E-state index in [-0.39, 0.29) is 18.1 Å². The molecule has 2 unspecified atom stereocenters. The molecule has 10 heteroatoms. The van der Waals surface area contributed by atoms with Gasteiger partial charge in [0.2, 0.25) is 5.91 Å². The van der Waals surface area contributed by atoms with Crippen molar-refractivity contribution in [3.63, 3.8) is 0 Å². The molecular formula is C26H33N7O3. The zero-order chi connectivity index (χ0) is 25.1. The first-order valence-electron chi connectivity index (χ1n) is 12.5. The van der Waals surface area contributed by atoms with Crippen LogP contribution in [0.3, 0.4) is 0 Å². The van der Waals surface area contributed by atoms with Crippen LogP contribution < -0.4 is 15.5 Å². The fraction of sp³-hybridized carbons (Fsp3) is 0.462. The van der Waals surface area contributed by atoms with E-state index in [2.05, 4.69) is 42.0 Å². The van der Waals surface area contributed by atoms with Gasteiger partial charge in [-0.3, -0.25) is 4.79 Å². The van der Waals surface area contributed by atoms with Crippen LogP contribution in [0.15, 0.2) is 43.5 Å². The fourth-order valence-corrected chi connectivity index (χ4v) is 4.95. The summed E-state index contributed by atoms with van der Waals surface area (Å²) in [5.41, 5.74) is 3.10. The SMILES string of the molecule is C=C(OCC1CCCN1c1ncnc2nc[nH]c12)c1ccccc1NC(C)C(=O)NCC1CC(O)C1. The van der Waals surface area contributed by atoms with Crippen LogP contribution in [-0.2, 0) is 9.53 Å². The third-order valence-corrected chi connectivity index (χ3v) is 7.07. The highest BCUT2D eigenvalue weighted by Crippen LogP contribution is 2.30. The summed E-state index contributed by atoms with van der Waals surface area (Å²) < 4.78 is 6.18. The summed E-state index contributed by atoms with van der Waals surface area (Å²) >= 11 is 0. The van der Waals surface area contributed by atoms with Crippen molar-refractivity contribution in [1.29, 1.82) is 0 Å². The van der Waals surface area contributed by atoms with Gasteiger partial charge >= 0.3 is 0 Å². The minimum absolute atomic E-state index is 0.0747. The van der Waals surface area contributed by atoms with Crippen molar-refractivity contribution < 1.29 is 14.6 Å². The minimum atomic E-state index is -0.427. The van der Waals surface area contributed by atoms with E-state index < -0.39 is 6.04 Å². The maximum atomic E-state index is 12.6. The lowest BCUT2D eigenvalue weighted by molar-refractivity contribution is -0.122. The lowest BCUT2D eigenvalue weighted by Gasteiger charge is -2.31. The lowest BCUT2D eigenvalue weighted by atomic mass is 9.82. The molecule has 1 saturated carbocycles. The lowest BCUT2D eigenvalue weighted by Crippen LogP contribution is -2.43. The number of aliphatic hydroxyl groups excluding tert-OH is 1. The van der Waals surface area contributed by atoms with Crippen molar-refractivity contribution in [2.75, 3.05) is 29.9 Å². The second-order valence-corrected chi connectivity index (χ2v) is 9.67. The highest BCUT2D eigenvalue weighted by Gasteiger charge is 2.29. The molecule has 1 aromatic carbocycles. The Hall–Kier alpha value is -3.66.